The molecule has 0 aromatic carbocycles. The van der Waals surface area contributed by atoms with Crippen molar-refractivity contribution in [1.29, 1.82) is 0 Å². The van der Waals surface area contributed by atoms with E-state index in [4.69, 9.17) is 28.7 Å². The summed E-state index contributed by atoms with van der Waals surface area (Å²) < 4.78 is 0. The highest BCUT2D eigenvalue weighted by Gasteiger charge is 2.40. The van der Waals surface area contributed by atoms with Gasteiger partial charge < -0.3 is 86.5 Å². The number of carbonyl (C=O) groups is 11. The summed E-state index contributed by atoms with van der Waals surface area (Å²) in [6.45, 7) is 12.0. The van der Waals surface area contributed by atoms with Crippen LogP contribution in [0.25, 0.3) is 0 Å². The second kappa shape index (κ2) is 38.8. The molecule has 0 aliphatic carbocycles. The number of carboxylic acid groups (broad SMARTS) is 1. The molecule has 0 aromatic rings. The van der Waals surface area contributed by atoms with Crippen molar-refractivity contribution in [3.05, 3.63) is 0 Å². The van der Waals surface area contributed by atoms with Crippen molar-refractivity contribution in [3.63, 3.8) is 0 Å². The van der Waals surface area contributed by atoms with Crippen LogP contribution in [-0.4, -0.2) is 196 Å². The van der Waals surface area contributed by atoms with Crippen molar-refractivity contribution in [2.24, 2.45) is 56.4 Å². The van der Waals surface area contributed by atoms with E-state index in [0.29, 0.717) is 19.3 Å². The van der Waals surface area contributed by atoms with Crippen molar-refractivity contribution < 1.29 is 57.8 Å². The van der Waals surface area contributed by atoms with E-state index < -0.39 is 143 Å². The number of nitrogens with zero attached hydrogens (tertiary/aromatic N) is 3. The Hall–Kier alpha value is -5.93. The lowest BCUT2D eigenvalue weighted by Gasteiger charge is -2.30. The molecule has 1 rings (SSSR count). The number of carboxylic acids is 1. The molecule has 0 saturated carbocycles. The normalized spacial score (nSPS) is 17.3. The largest absolute Gasteiger partial charge is 0.480 e. The topological polar surface area (TPSA) is 474 Å². The number of carbonyl (C=O) groups excluding carboxylic acids is 10. The minimum Gasteiger partial charge on any atom is -0.480 e. The van der Waals surface area contributed by atoms with Crippen LogP contribution in [0, 0.1) is 17.8 Å². The Morgan fingerprint density at radius 1 is 0.530 bits per heavy atom. The minimum atomic E-state index is -1.38. The van der Waals surface area contributed by atoms with Crippen LogP contribution in [0.2, 0.25) is 0 Å². The first-order valence-electron chi connectivity index (χ1n) is 27.6. The predicted octanol–water partition coefficient (Wildman–Crippen LogP) is -4.26. The molecule has 33 heteroatoms. The Labute approximate surface area is 507 Å². The zero-order valence-electron chi connectivity index (χ0n) is 48.4. The van der Waals surface area contributed by atoms with Gasteiger partial charge in [-0.15, -0.1) is 0 Å². The fraction of sp³-hybridized carbons (Fsp3) is 0.740. The second-order valence-corrected chi connectivity index (χ2v) is 22.2. The molecule has 1 saturated heterocycles. The summed E-state index contributed by atoms with van der Waals surface area (Å²) >= 11 is 16.7. The first-order chi connectivity index (χ1) is 39.0. The van der Waals surface area contributed by atoms with E-state index in [1.54, 1.807) is 41.5 Å². The van der Waals surface area contributed by atoms with Gasteiger partial charge in [0.1, 0.15) is 60.4 Å². The van der Waals surface area contributed by atoms with E-state index in [1.165, 1.54) is 11.8 Å². The molecule has 83 heavy (non-hydrogen) atoms. The maximum Gasteiger partial charge on any atom is 0.326 e. The average molecular weight is 1250 g/mol. The smallest absolute Gasteiger partial charge is 0.326 e. The van der Waals surface area contributed by atoms with Crippen LogP contribution in [0.4, 0.5) is 0 Å². The Kier molecular flexibility index (Phi) is 35.1. The van der Waals surface area contributed by atoms with Crippen LogP contribution in [0.5, 0.6) is 0 Å². The van der Waals surface area contributed by atoms with Crippen LogP contribution in [-0.2, 0) is 52.7 Å². The summed E-state index contributed by atoms with van der Waals surface area (Å²) in [6, 6.07) is -13.7. The van der Waals surface area contributed by atoms with E-state index in [1.807, 2.05) is 0 Å². The number of hydrogen-bond donors (Lipinski definition) is 19. The molecule has 0 unspecified atom stereocenters. The van der Waals surface area contributed by atoms with Gasteiger partial charge in [-0.1, -0.05) is 54.4 Å². The zero-order valence-corrected chi connectivity index (χ0v) is 51.9. The fourth-order valence-corrected chi connectivity index (χ4v) is 9.26. The number of thiol groups is 4. The predicted molar refractivity (Wildman–Crippen MR) is 327 cm³/mol. The maximum atomic E-state index is 14.3. The number of rotatable bonds is 38. The number of nitrogens with two attached hydrogens (primary N) is 5. The molecule has 472 valence electrons. The molecular weight excluding hydrogens is 1160 g/mol. The summed E-state index contributed by atoms with van der Waals surface area (Å²) in [7, 11) is 0. The standard InChI is InChI=1S/C50H91N17O12S4/c1-8-25(5)36(46(76)66-37(48(78)79)26(6)9-2)65-44(74)33(22-82)63-43(73)32(21-81)62-38(68)27(7)58-42(72)31(19-24(3)4)61-41(71)29(13-10-16-56-49(52)53)59-40(70)30(14-11-17-57-50(54)55)60-45(75)35-15-12-18-67(35)47(77)34(23-83)64-39(69)28(51)20-80/h24-37,80-83H,8-23,51H2,1-7H3,(H,58,72)(H,59,70)(H,60,75)(H,61,71)(H,62,68)(H,63,73)(H,64,69)(H,65,74)(H,66,76)(H,78,79)(H4,52,53,56)(H4,54,55,57)/t25-,26-,27-,28-,29-,30-,31-,32-,33-,34-,35-,36-,37-/m0/s1. The van der Waals surface area contributed by atoms with E-state index in [-0.39, 0.29) is 99.0 Å². The third kappa shape index (κ3) is 26.3. The molecular formula is C50H91N17O12S4. The van der Waals surface area contributed by atoms with Gasteiger partial charge in [-0.3, -0.25) is 57.9 Å². The second-order valence-electron chi connectivity index (χ2n) is 20.7. The molecule has 10 amide bonds. The van der Waals surface area contributed by atoms with Crippen molar-refractivity contribution in [3.8, 4) is 0 Å². The van der Waals surface area contributed by atoms with Crippen molar-refractivity contribution in [2.45, 2.75) is 173 Å². The fourth-order valence-electron chi connectivity index (χ4n) is 8.33. The van der Waals surface area contributed by atoms with Gasteiger partial charge in [0.2, 0.25) is 59.1 Å². The number of likely N-dealkylation sites (tertiary alicyclic amines) is 1. The Balaban J connectivity index is 3.38. The number of aliphatic imine (C=N–C) groups is 2. The van der Waals surface area contributed by atoms with E-state index in [2.05, 4.69) is 108 Å². The molecule has 1 aliphatic heterocycles. The van der Waals surface area contributed by atoms with Crippen LogP contribution >= 0.6 is 50.5 Å². The number of guanidine groups is 2. The Morgan fingerprint density at radius 3 is 1.42 bits per heavy atom. The van der Waals surface area contributed by atoms with Crippen LogP contribution in [0.3, 0.4) is 0 Å². The van der Waals surface area contributed by atoms with Gasteiger partial charge >= 0.3 is 5.97 Å². The lowest BCUT2D eigenvalue weighted by atomic mass is 9.95. The zero-order chi connectivity index (χ0) is 63.3. The number of amides is 10. The van der Waals surface area contributed by atoms with Gasteiger partial charge in [0, 0.05) is 42.6 Å². The quantitative estimate of drug-likeness (QED) is 0.0120. The van der Waals surface area contributed by atoms with Crippen LogP contribution in [0.1, 0.15) is 106 Å². The van der Waals surface area contributed by atoms with Gasteiger partial charge in [0.05, 0.1) is 6.04 Å². The molecule has 29 nitrogen and oxygen atoms in total. The monoisotopic (exact) mass is 1250 g/mol. The van der Waals surface area contributed by atoms with Gasteiger partial charge in [-0.05, 0) is 69.6 Å². The van der Waals surface area contributed by atoms with Gasteiger partial charge in [-0.25, -0.2) is 4.79 Å². The van der Waals surface area contributed by atoms with Gasteiger partial charge in [0.15, 0.2) is 11.9 Å². The van der Waals surface area contributed by atoms with Gasteiger partial charge in [-0.2, -0.15) is 50.5 Å². The number of hydrogen-bond acceptors (Lipinski definition) is 18. The Morgan fingerprint density at radius 2 is 0.952 bits per heavy atom. The van der Waals surface area contributed by atoms with Crippen molar-refractivity contribution in [2.75, 3.05) is 42.6 Å². The summed E-state index contributed by atoms with van der Waals surface area (Å²) in [5, 5.41) is 33.0. The van der Waals surface area contributed by atoms with Crippen LogP contribution < -0.4 is 76.5 Å². The lowest BCUT2D eigenvalue weighted by Crippen LogP contribution is -2.61. The van der Waals surface area contributed by atoms with E-state index in [0.717, 1.165) is 0 Å². The Bertz CT molecular complexity index is 2260. The molecule has 1 aliphatic rings. The SMILES string of the molecule is CC[C@H](C)[C@H](NC(=O)[C@@H](NC(=O)[C@H](CS)NC(=O)[C@H](CS)NC(=O)[C@H](C)NC(=O)[C@H](CC(C)C)NC(=O)[C@H](CCCN=C(N)N)NC(=O)[C@H](CCCN=C(N)N)NC(=O)[C@@H]1CCCN1C(=O)[C@H](CS)NC(=O)[C@@H](N)CS)[C@@H](C)CC)C(=O)O. The molecule has 13 atom stereocenters. The molecule has 0 radical (unpaired) electrons. The highest BCUT2D eigenvalue weighted by Crippen LogP contribution is 2.20. The molecule has 0 bridgehead atoms. The summed E-state index contributed by atoms with van der Waals surface area (Å²) in [6.07, 6.45) is 1.70. The van der Waals surface area contributed by atoms with Crippen molar-refractivity contribution in [1.82, 2.24) is 52.8 Å². The molecule has 1 fully saturated rings. The van der Waals surface area contributed by atoms with Gasteiger partial charge in [0.25, 0.3) is 0 Å². The third-order valence-electron chi connectivity index (χ3n) is 13.6. The first-order valence-corrected chi connectivity index (χ1v) is 30.1. The van der Waals surface area contributed by atoms with Crippen LogP contribution in [0.15, 0.2) is 9.98 Å². The van der Waals surface area contributed by atoms with E-state index >= 15 is 0 Å². The van der Waals surface area contributed by atoms with E-state index in [9.17, 15) is 57.8 Å². The number of aliphatic carboxylic acids is 1. The highest BCUT2D eigenvalue weighted by atomic mass is 32.1. The molecule has 0 aromatic heterocycles. The molecule has 20 N–H and O–H groups in total. The summed E-state index contributed by atoms with van der Waals surface area (Å²) in [5.74, 6) is -11.1. The summed E-state index contributed by atoms with van der Waals surface area (Å²) in [4.78, 5) is 158. The summed E-state index contributed by atoms with van der Waals surface area (Å²) in [5.41, 5.74) is 27.9. The van der Waals surface area contributed by atoms with Crippen molar-refractivity contribution >= 4 is 127 Å². The molecule has 1 heterocycles. The average Bonchev–Trinajstić information content (AvgIpc) is 4.23. The highest BCUT2D eigenvalue weighted by molar-refractivity contribution is 7.80. The maximum absolute atomic E-state index is 14.3. The minimum absolute atomic E-state index is 0.00781. The lowest BCUT2D eigenvalue weighted by molar-refractivity contribution is -0.144. The third-order valence-corrected chi connectivity index (χ3v) is 15.1. The number of nitrogens with one attached hydrogen (secondary N) is 9. The molecule has 0 spiro atoms. The first kappa shape index (κ1) is 75.1.